The van der Waals surface area contributed by atoms with Crippen molar-refractivity contribution in [2.24, 2.45) is 0 Å². The molecular weight excluding hydrogens is 467 g/mol. The van der Waals surface area contributed by atoms with E-state index in [1.165, 1.54) is 18.4 Å². The van der Waals surface area contributed by atoms with Crippen LogP contribution in [0.1, 0.15) is 56.6 Å². The highest BCUT2D eigenvalue weighted by atomic mass is 19.1. The van der Waals surface area contributed by atoms with Crippen LogP contribution in [0.15, 0.2) is 73.5 Å². The lowest BCUT2D eigenvalue weighted by Gasteiger charge is -2.07. The molecule has 0 N–H and O–H groups in total. The van der Waals surface area contributed by atoms with Crippen LogP contribution in [0.25, 0.3) is 0 Å². The molecule has 0 fully saturated rings. The second-order valence-corrected chi connectivity index (χ2v) is 7.64. The van der Waals surface area contributed by atoms with E-state index in [0.29, 0.717) is 47.3 Å². The van der Waals surface area contributed by atoms with Gasteiger partial charge in [0.15, 0.2) is 0 Å². The molecule has 3 rings (SSSR count). The fourth-order valence-corrected chi connectivity index (χ4v) is 3.11. The van der Waals surface area contributed by atoms with Crippen LogP contribution in [0, 0.1) is 52.2 Å². The standard InChI is InChI=1S/C31H21FN2O3/c1-2-36-17-3-4-18-37-31(35)29-19-24(7-8-25-13-16-28(22-34)30(32)20-25)12-15-27(29)14-11-23-5-9-26(21-33)10-6-23/h2,5-6,9-10,12-13,15-16,19-20H,1,3-4,17-18H2. The number of ether oxygens (including phenoxy) is 2. The van der Waals surface area contributed by atoms with Crippen molar-refractivity contribution in [1.82, 2.24) is 0 Å². The number of benzene rings is 3. The average molecular weight is 489 g/mol. The summed E-state index contributed by atoms with van der Waals surface area (Å²) in [6, 6.07) is 19.7. The maximum Gasteiger partial charge on any atom is 0.339 e. The molecule has 0 radical (unpaired) electrons. The van der Waals surface area contributed by atoms with Gasteiger partial charge in [0.2, 0.25) is 0 Å². The van der Waals surface area contributed by atoms with Gasteiger partial charge in [-0.1, -0.05) is 30.3 Å². The number of hydrogen-bond donors (Lipinski definition) is 0. The Morgan fingerprint density at radius 1 is 0.784 bits per heavy atom. The predicted molar refractivity (Wildman–Crippen MR) is 136 cm³/mol. The maximum absolute atomic E-state index is 13.9. The van der Waals surface area contributed by atoms with Gasteiger partial charge >= 0.3 is 5.97 Å². The second kappa shape index (κ2) is 13.6. The topological polar surface area (TPSA) is 83.1 Å². The summed E-state index contributed by atoms with van der Waals surface area (Å²) in [7, 11) is 0. The molecule has 0 bridgehead atoms. The molecule has 37 heavy (non-hydrogen) atoms. The number of nitrogens with zero attached hydrogens (tertiary/aromatic N) is 2. The van der Waals surface area contributed by atoms with Gasteiger partial charge in [0, 0.05) is 22.3 Å². The van der Waals surface area contributed by atoms with Crippen LogP contribution in [0.5, 0.6) is 0 Å². The zero-order valence-corrected chi connectivity index (χ0v) is 19.9. The first kappa shape index (κ1) is 26.3. The summed E-state index contributed by atoms with van der Waals surface area (Å²) in [5, 5.41) is 17.8. The molecule has 0 amide bonds. The Morgan fingerprint density at radius 2 is 1.38 bits per heavy atom. The first-order valence-corrected chi connectivity index (χ1v) is 11.3. The molecule has 180 valence electrons. The van der Waals surface area contributed by atoms with Crippen LogP contribution in [0.4, 0.5) is 4.39 Å². The van der Waals surface area contributed by atoms with Crippen molar-refractivity contribution in [2.45, 2.75) is 12.8 Å². The van der Waals surface area contributed by atoms with Gasteiger partial charge in [-0.05, 0) is 73.5 Å². The molecule has 3 aromatic rings. The van der Waals surface area contributed by atoms with Crippen LogP contribution in [-0.2, 0) is 9.47 Å². The van der Waals surface area contributed by atoms with Crippen LogP contribution in [0.2, 0.25) is 0 Å². The highest BCUT2D eigenvalue weighted by molar-refractivity contribution is 5.93. The molecule has 5 nitrogen and oxygen atoms in total. The largest absolute Gasteiger partial charge is 0.502 e. The zero-order valence-electron chi connectivity index (χ0n) is 19.9. The average Bonchev–Trinajstić information content (AvgIpc) is 2.93. The van der Waals surface area contributed by atoms with E-state index < -0.39 is 11.8 Å². The van der Waals surface area contributed by atoms with Gasteiger partial charge in [0.05, 0.1) is 42.2 Å². The molecule has 0 heterocycles. The SMILES string of the molecule is C=COCCCCOC(=O)c1cc(C#Cc2ccc(C#N)c(F)c2)ccc1C#Cc1ccc(C#N)cc1. The molecule has 0 atom stereocenters. The van der Waals surface area contributed by atoms with Gasteiger partial charge in [0.1, 0.15) is 11.9 Å². The Hall–Kier alpha value is -5.30. The Morgan fingerprint density at radius 3 is 2.03 bits per heavy atom. The minimum Gasteiger partial charge on any atom is -0.502 e. The van der Waals surface area contributed by atoms with E-state index in [0.717, 1.165) is 0 Å². The molecule has 0 aliphatic carbocycles. The summed E-state index contributed by atoms with van der Waals surface area (Å²) < 4.78 is 24.4. The number of halogens is 1. The van der Waals surface area contributed by atoms with E-state index in [2.05, 4.69) is 36.3 Å². The van der Waals surface area contributed by atoms with E-state index in [4.69, 9.17) is 20.0 Å². The Labute approximate surface area is 215 Å². The number of carbonyl (C=O) groups is 1. The van der Waals surface area contributed by atoms with Crippen molar-refractivity contribution < 1.29 is 18.7 Å². The fraction of sp³-hybridized carbons (Fsp3) is 0.129. The van der Waals surface area contributed by atoms with Crippen molar-refractivity contribution >= 4 is 5.97 Å². The van der Waals surface area contributed by atoms with Crippen LogP contribution < -0.4 is 0 Å². The van der Waals surface area contributed by atoms with Gasteiger partial charge in [-0.3, -0.25) is 0 Å². The maximum atomic E-state index is 13.9. The number of hydrogen-bond acceptors (Lipinski definition) is 5. The highest BCUT2D eigenvalue weighted by Gasteiger charge is 2.13. The Balaban J connectivity index is 1.86. The van der Waals surface area contributed by atoms with E-state index >= 15 is 0 Å². The Kier molecular flexibility index (Phi) is 9.64. The lowest BCUT2D eigenvalue weighted by molar-refractivity contribution is 0.0491. The van der Waals surface area contributed by atoms with E-state index in [1.54, 1.807) is 54.6 Å². The smallest absolute Gasteiger partial charge is 0.339 e. The molecule has 0 aliphatic heterocycles. The molecule has 0 aliphatic rings. The monoisotopic (exact) mass is 488 g/mol. The summed E-state index contributed by atoms with van der Waals surface area (Å²) >= 11 is 0. The summed E-state index contributed by atoms with van der Waals surface area (Å²) in [6.07, 6.45) is 2.69. The van der Waals surface area contributed by atoms with Crippen molar-refractivity contribution in [1.29, 1.82) is 10.5 Å². The van der Waals surface area contributed by atoms with Crippen LogP contribution in [-0.4, -0.2) is 19.2 Å². The van der Waals surface area contributed by atoms with Gasteiger partial charge in [0.25, 0.3) is 0 Å². The highest BCUT2D eigenvalue weighted by Crippen LogP contribution is 2.15. The molecule has 0 aromatic heterocycles. The molecule has 0 saturated heterocycles. The lowest BCUT2D eigenvalue weighted by Crippen LogP contribution is -2.09. The quantitative estimate of drug-likeness (QED) is 0.191. The molecule has 0 saturated carbocycles. The molecule has 6 heteroatoms. The first-order chi connectivity index (χ1) is 18.0. The van der Waals surface area contributed by atoms with Crippen LogP contribution in [0.3, 0.4) is 0 Å². The predicted octanol–water partition coefficient (Wildman–Crippen LogP) is 5.47. The van der Waals surface area contributed by atoms with Gasteiger partial charge in [-0.15, -0.1) is 0 Å². The number of nitriles is 2. The number of esters is 1. The van der Waals surface area contributed by atoms with Crippen molar-refractivity contribution in [3.63, 3.8) is 0 Å². The third-order valence-electron chi connectivity index (χ3n) is 5.04. The minimum absolute atomic E-state index is 0.0585. The van der Waals surface area contributed by atoms with E-state index in [1.807, 2.05) is 0 Å². The second-order valence-electron chi connectivity index (χ2n) is 7.64. The number of unbranched alkanes of at least 4 members (excludes halogenated alkanes) is 1. The first-order valence-electron chi connectivity index (χ1n) is 11.3. The number of carbonyl (C=O) groups excluding carboxylic acids is 1. The van der Waals surface area contributed by atoms with E-state index in [-0.39, 0.29) is 17.7 Å². The van der Waals surface area contributed by atoms with Gasteiger partial charge in [-0.2, -0.15) is 10.5 Å². The van der Waals surface area contributed by atoms with Crippen molar-refractivity contribution in [3.8, 4) is 35.8 Å². The van der Waals surface area contributed by atoms with Crippen molar-refractivity contribution in [2.75, 3.05) is 13.2 Å². The summed E-state index contributed by atoms with van der Waals surface area (Å²) in [6.45, 7) is 4.18. The van der Waals surface area contributed by atoms with Crippen molar-refractivity contribution in [3.05, 3.63) is 118 Å². The normalized spacial score (nSPS) is 9.38. The van der Waals surface area contributed by atoms with E-state index in [9.17, 15) is 9.18 Å². The third kappa shape index (κ3) is 7.87. The molecular formula is C31H21FN2O3. The summed E-state index contributed by atoms with van der Waals surface area (Å²) in [5.41, 5.74) is 2.77. The number of rotatable bonds is 7. The van der Waals surface area contributed by atoms with Gasteiger partial charge < -0.3 is 9.47 Å². The zero-order chi connectivity index (χ0) is 26.5. The molecule has 0 spiro atoms. The summed E-state index contributed by atoms with van der Waals surface area (Å²) in [5.74, 6) is 10.6. The van der Waals surface area contributed by atoms with Gasteiger partial charge in [-0.25, -0.2) is 9.18 Å². The third-order valence-corrected chi connectivity index (χ3v) is 5.04. The molecule has 3 aromatic carbocycles. The van der Waals surface area contributed by atoms with Crippen LogP contribution >= 0.6 is 0 Å². The fourth-order valence-electron chi connectivity index (χ4n) is 3.11. The summed E-state index contributed by atoms with van der Waals surface area (Å²) in [4.78, 5) is 12.9. The minimum atomic E-state index is -0.648. The lowest BCUT2D eigenvalue weighted by atomic mass is 10.0. The molecule has 0 unspecified atom stereocenters. The Bertz CT molecular complexity index is 1500.